The lowest BCUT2D eigenvalue weighted by atomic mass is 10.4. The van der Waals surface area contributed by atoms with Crippen molar-refractivity contribution in [1.82, 2.24) is 10.5 Å². The highest BCUT2D eigenvalue weighted by Crippen LogP contribution is 1.92. The molecule has 1 aromatic rings. The molecule has 1 amide bonds. The van der Waals surface area contributed by atoms with Gasteiger partial charge in [0.25, 0.3) is 5.91 Å². The van der Waals surface area contributed by atoms with Crippen molar-refractivity contribution in [3.05, 3.63) is 30.2 Å². The molecule has 0 saturated carbocycles. The van der Waals surface area contributed by atoms with E-state index in [1.807, 2.05) is 0 Å². The van der Waals surface area contributed by atoms with Crippen LogP contribution in [0.25, 0.3) is 0 Å². The first-order valence-electron chi connectivity index (χ1n) is 3.88. The average Bonchev–Trinajstić information content (AvgIpc) is 2.65. The zero-order valence-electron chi connectivity index (χ0n) is 7.06. The second-order valence-corrected chi connectivity index (χ2v) is 2.30. The topological polar surface area (TPSA) is 81.1 Å². The Morgan fingerprint density at radius 1 is 1.69 bits per heavy atom. The largest absolute Gasteiger partial charge is 0.364 e. The molecule has 0 saturated heterocycles. The van der Waals surface area contributed by atoms with Crippen LogP contribution < -0.4 is 11.1 Å². The Balaban J connectivity index is 2.31. The van der Waals surface area contributed by atoms with Gasteiger partial charge in [0.05, 0.1) is 0 Å². The summed E-state index contributed by atoms with van der Waals surface area (Å²) < 4.78 is 4.51. The summed E-state index contributed by atoms with van der Waals surface area (Å²) >= 11 is 0. The lowest BCUT2D eigenvalue weighted by molar-refractivity contribution is 0.0949. The van der Waals surface area contributed by atoms with E-state index in [1.165, 1.54) is 12.3 Å². The van der Waals surface area contributed by atoms with E-state index < -0.39 is 0 Å². The van der Waals surface area contributed by atoms with Crippen molar-refractivity contribution in [3.63, 3.8) is 0 Å². The molecule has 0 aliphatic heterocycles. The fourth-order valence-electron chi connectivity index (χ4n) is 0.751. The first-order valence-corrected chi connectivity index (χ1v) is 3.88. The number of carbonyl (C=O) groups excluding carboxylic acids is 1. The van der Waals surface area contributed by atoms with Crippen LogP contribution in [0.5, 0.6) is 0 Å². The minimum atomic E-state index is -0.254. The molecule has 1 heterocycles. The molecule has 0 bridgehead atoms. The third-order valence-corrected chi connectivity index (χ3v) is 1.35. The number of nitrogens with zero attached hydrogens (tertiary/aromatic N) is 1. The maximum absolute atomic E-state index is 11.2. The number of aromatic nitrogens is 1. The Morgan fingerprint density at radius 3 is 3.15 bits per heavy atom. The van der Waals surface area contributed by atoms with E-state index in [0.29, 0.717) is 13.1 Å². The molecule has 0 aliphatic carbocycles. The van der Waals surface area contributed by atoms with Crippen molar-refractivity contribution >= 4 is 5.91 Å². The average molecular weight is 181 g/mol. The zero-order chi connectivity index (χ0) is 9.52. The van der Waals surface area contributed by atoms with E-state index in [1.54, 1.807) is 12.2 Å². The number of amides is 1. The van der Waals surface area contributed by atoms with Crippen LogP contribution >= 0.6 is 0 Å². The van der Waals surface area contributed by atoms with E-state index in [0.717, 1.165) is 0 Å². The molecular formula is C8H11N3O2. The maximum Gasteiger partial charge on any atom is 0.273 e. The second kappa shape index (κ2) is 5.10. The molecule has 0 unspecified atom stereocenters. The van der Waals surface area contributed by atoms with Crippen LogP contribution in [0.1, 0.15) is 10.5 Å². The lowest BCUT2D eigenvalue weighted by Crippen LogP contribution is -2.23. The number of nitrogens with one attached hydrogen (secondary N) is 1. The van der Waals surface area contributed by atoms with Gasteiger partial charge in [-0.25, -0.2) is 0 Å². The first kappa shape index (κ1) is 9.47. The van der Waals surface area contributed by atoms with Crippen LogP contribution in [0.15, 0.2) is 29.0 Å². The molecule has 13 heavy (non-hydrogen) atoms. The van der Waals surface area contributed by atoms with Crippen molar-refractivity contribution in [3.8, 4) is 0 Å². The molecule has 1 aromatic heterocycles. The maximum atomic E-state index is 11.2. The molecule has 70 valence electrons. The Bertz CT molecular complexity index is 280. The highest BCUT2D eigenvalue weighted by Gasteiger charge is 2.05. The third kappa shape index (κ3) is 3.08. The van der Waals surface area contributed by atoms with Gasteiger partial charge in [-0.2, -0.15) is 0 Å². The molecule has 0 aromatic carbocycles. The summed E-state index contributed by atoms with van der Waals surface area (Å²) in [5.74, 6) is -0.254. The van der Waals surface area contributed by atoms with Gasteiger partial charge in [0, 0.05) is 19.2 Å². The monoisotopic (exact) mass is 181 g/mol. The number of carbonyl (C=O) groups is 1. The van der Waals surface area contributed by atoms with Gasteiger partial charge in [-0.1, -0.05) is 17.3 Å². The number of hydrogen-bond donors (Lipinski definition) is 2. The highest BCUT2D eigenvalue weighted by molar-refractivity contribution is 5.91. The van der Waals surface area contributed by atoms with Crippen molar-refractivity contribution in [1.29, 1.82) is 0 Å². The van der Waals surface area contributed by atoms with E-state index >= 15 is 0 Å². The van der Waals surface area contributed by atoms with Gasteiger partial charge in [0.15, 0.2) is 5.69 Å². The number of hydrogen-bond acceptors (Lipinski definition) is 4. The SMILES string of the molecule is NC/C=C/CNC(=O)c1ccon1. The fourth-order valence-corrected chi connectivity index (χ4v) is 0.751. The predicted octanol–water partition coefficient (Wildman–Crippen LogP) is -0.0807. The van der Waals surface area contributed by atoms with Crippen molar-refractivity contribution < 1.29 is 9.32 Å². The summed E-state index contributed by atoms with van der Waals surface area (Å²) in [7, 11) is 0. The van der Waals surface area contributed by atoms with Crippen LogP contribution in [-0.4, -0.2) is 24.2 Å². The van der Waals surface area contributed by atoms with Gasteiger partial charge in [0.1, 0.15) is 6.26 Å². The quantitative estimate of drug-likeness (QED) is 0.636. The number of rotatable bonds is 4. The lowest BCUT2D eigenvalue weighted by Gasteiger charge is -1.96. The summed E-state index contributed by atoms with van der Waals surface area (Å²) in [5.41, 5.74) is 5.49. The molecule has 0 radical (unpaired) electrons. The highest BCUT2D eigenvalue weighted by atomic mass is 16.5. The summed E-state index contributed by atoms with van der Waals surface area (Å²) in [4.78, 5) is 11.2. The Kier molecular flexibility index (Phi) is 3.72. The second-order valence-electron chi connectivity index (χ2n) is 2.30. The van der Waals surface area contributed by atoms with Gasteiger partial charge in [-0.3, -0.25) is 4.79 Å². The summed E-state index contributed by atoms with van der Waals surface area (Å²) in [6, 6.07) is 1.50. The molecule has 0 fully saturated rings. The van der Waals surface area contributed by atoms with Crippen LogP contribution in [0.3, 0.4) is 0 Å². The fraction of sp³-hybridized carbons (Fsp3) is 0.250. The number of nitrogens with two attached hydrogens (primary N) is 1. The third-order valence-electron chi connectivity index (χ3n) is 1.35. The van der Waals surface area contributed by atoms with Crippen LogP contribution in [0.4, 0.5) is 0 Å². The van der Waals surface area contributed by atoms with Crippen molar-refractivity contribution in [2.45, 2.75) is 0 Å². The normalized spacial score (nSPS) is 10.5. The van der Waals surface area contributed by atoms with E-state index in [2.05, 4.69) is 15.0 Å². The van der Waals surface area contributed by atoms with Gasteiger partial charge in [0.2, 0.25) is 0 Å². The van der Waals surface area contributed by atoms with Crippen molar-refractivity contribution in [2.75, 3.05) is 13.1 Å². The van der Waals surface area contributed by atoms with Crippen molar-refractivity contribution in [2.24, 2.45) is 5.73 Å². The van der Waals surface area contributed by atoms with Crippen LogP contribution in [-0.2, 0) is 0 Å². The summed E-state index contributed by atoms with van der Waals surface area (Å²) in [6.45, 7) is 0.919. The van der Waals surface area contributed by atoms with Crippen LogP contribution in [0.2, 0.25) is 0 Å². The minimum absolute atomic E-state index is 0.254. The molecular weight excluding hydrogens is 170 g/mol. The summed E-state index contributed by atoms with van der Waals surface area (Å²) in [5, 5.41) is 6.10. The Labute approximate surface area is 75.6 Å². The Morgan fingerprint density at radius 2 is 2.54 bits per heavy atom. The molecule has 0 atom stereocenters. The molecule has 0 spiro atoms. The first-order chi connectivity index (χ1) is 6.34. The van der Waals surface area contributed by atoms with Crippen LogP contribution in [0, 0.1) is 0 Å². The smallest absolute Gasteiger partial charge is 0.273 e. The van der Waals surface area contributed by atoms with E-state index in [4.69, 9.17) is 5.73 Å². The standard InChI is InChI=1S/C8H11N3O2/c9-4-1-2-5-10-8(12)7-3-6-13-11-7/h1-3,6H,4-5,9H2,(H,10,12)/b2-1+. The molecule has 1 rings (SSSR count). The Hall–Kier alpha value is -1.62. The summed E-state index contributed by atoms with van der Waals surface area (Å²) in [6.07, 6.45) is 4.89. The van der Waals surface area contributed by atoms with Gasteiger partial charge in [-0.05, 0) is 0 Å². The predicted molar refractivity (Wildman–Crippen MR) is 47.0 cm³/mol. The zero-order valence-corrected chi connectivity index (χ0v) is 7.06. The van der Waals surface area contributed by atoms with Gasteiger partial charge in [-0.15, -0.1) is 0 Å². The van der Waals surface area contributed by atoms with E-state index in [9.17, 15) is 4.79 Å². The van der Waals surface area contributed by atoms with E-state index in [-0.39, 0.29) is 11.6 Å². The molecule has 3 N–H and O–H groups in total. The molecule has 5 heteroatoms. The minimum Gasteiger partial charge on any atom is -0.364 e. The van der Waals surface area contributed by atoms with Gasteiger partial charge < -0.3 is 15.6 Å². The molecule has 5 nitrogen and oxygen atoms in total. The van der Waals surface area contributed by atoms with Gasteiger partial charge >= 0.3 is 0 Å². The molecule has 0 aliphatic rings.